The van der Waals surface area contributed by atoms with Crippen molar-refractivity contribution in [3.8, 4) is 0 Å². The molecule has 1 saturated carbocycles. The number of hydrogen-bond donors (Lipinski definition) is 2. The monoisotopic (exact) mass is 335 g/mol. The third-order valence-electron chi connectivity index (χ3n) is 4.59. The van der Waals surface area contributed by atoms with Gasteiger partial charge in [-0.2, -0.15) is 0 Å². The number of nitrogens with one attached hydrogen (secondary N) is 2. The first-order valence-corrected chi connectivity index (χ1v) is 9.97. The molecular weight excluding hydrogens is 306 g/mol. The molecule has 2 aliphatic rings. The maximum Gasteiger partial charge on any atom is 0.191 e. The topological polar surface area (TPSA) is 52.6 Å². The van der Waals surface area contributed by atoms with Crippen LogP contribution in [0.2, 0.25) is 0 Å². The Morgan fingerprint density at radius 2 is 2.09 bits per heavy atom. The molecule has 5 nitrogen and oxygen atoms in total. The molecule has 2 N–H and O–H groups in total. The van der Waals surface area contributed by atoms with E-state index in [1.807, 2.05) is 0 Å². The lowest BCUT2D eigenvalue weighted by atomic mass is 10.2. The lowest BCUT2D eigenvalue weighted by molar-refractivity contribution is 0.614. The highest BCUT2D eigenvalue weighted by molar-refractivity contribution is 7.13. The van der Waals surface area contributed by atoms with Gasteiger partial charge in [-0.15, -0.1) is 11.3 Å². The van der Waals surface area contributed by atoms with Gasteiger partial charge in [0.25, 0.3) is 0 Å². The number of aliphatic imine (C=N–C) groups is 1. The van der Waals surface area contributed by atoms with Crippen LogP contribution in [0.1, 0.15) is 51.1 Å². The number of thiazole rings is 1. The molecule has 23 heavy (non-hydrogen) atoms. The standard InChI is InChI=1S/C17H29N5S/c1-2-18-16(20-14-7-3-4-8-14)19-10-9-15-13-23-17(21-15)22-11-5-6-12-22/h13-14H,2-12H2,1H3,(H2,18,19,20). The third-order valence-corrected chi connectivity index (χ3v) is 5.54. The zero-order chi connectivity index (χ0) is 15.9. The minimum atomic E-state index is 0.605. The molecule has 2 heterocycles. The van der Waals surface area contributed by atoms with Crippen molar-refractivity contribution in [2.24, 2.45) is 4.99 Å². The molecule has 128 valence electrons. The summed E-state index contributed by atoms with van der Waals surface area (Å²) in [5.74, 6) is 0.967. The van der Waals surface area contributed by atoms with E-state index in [0.717, 1.165) is 25.5 Å². The summed E-state index contributed by atoms with van der Waals surface area (Å²) in [6.07, 6.45) is 8.76. The summed E-state index contributed by atoms with van der Waals surface area (Å²) in [6, 6.07) is 0.605. The molecule has 0 radical (unpaired) electrons. The van der Waals surface area contributed by atoms with Crippen LogP contribution in [0.3, 0.4) is 0 Å². The largest absolute Gasteiger partial charge is 0.357 e. The predicted molar refractivity (Wildman–Crippen MR) is 98.6 cm³/mol. The average molecular weight is 336 g/mol. The Morgan fingerprint density at radius 3 is 2.83 bits per heavy atom. The predicted octanol–water partition coefficient (Wildman–Crippen LogP) is 2.78. The molecule has 1 aliphatic heterocycles. The number of nitrogens with zero attached hydrogens (tertiary/aromatic N) is 3. The van der Waals surface area contributed by atoms with E-state index in [-0.39, 0.29) is 0 Å². The van der Waals surface area contributed by atoms with Gasteiger partial charge >= 0.3 is 0 Å². The quantitative estimate of drug-likeness (QED) is 0.620. The van der Waals surface area contributed by atoms with Gasteiger partial charge in [-0.25, -0.2) is 4.98 Å². The first kappa shape index (κ1) is 16.6. The Morgan fingerprint density at radius 1 is 1.30 bits per heavy atom. The van der Waals surface area contributed by atoms with E-state index in [1.54, 1.807) is 11.3 Å². The van der Waals surface area contributed by atoms with Crippen LogP contribution in [0.4, 0.5) is 5.13 Å². The van der Waals surface area contributed by atoms with Crippen LogP contribution in [0.25, 0.3) is 0 Å². The van der Waals surface area contributed by atoms with E-state index < -0.39 is 0 Å². The van der Waals surface area contributed by atoms with Crippen molar-refractivity contribution in [1.82, 2.24) is 15.6 Å². The van der Waals surface area contributed by atoms with Gasteiger partial charge < -0.3 is 15.5 Å². The van der Waals surface area contributed by atoms with Gasteiger partial charge in [0.2, 0.25) is 0 Å². The minimum Gasteiger partial charge on any atom is -0.357 e. The maximum absolute atomic E-state index is 4.77. The lowest BCUT2D eigenvalue weighted by Crippen LogP contribution is -2.42. The molecule has 0 unspecified atom stereocenters. The zero-order valence-corrected chi connectivity index (χ0v) is 15.0. The Bertz CT molecular complexity index is 501. The first-order valence-electron chi connectivity index (χ1n) is 9.09. The Hall–Kier alpha value is -1.30. The summed E-state index contributed by atoms with van der Waals surface area (Å²) in [5.41, 5.74) is 1.18. The number of rotatable bonds is 6. The van der Waals surface area contributed by atoms with Gasteiger partial charge in [0.15, 0.2) is 11.1 Å². The molecule has 1 aromatic rings. The van der Waals surface area contributed by atoms with Gasteiger partial charge in [0, 0.05) is 44.0 Å². The van der Waals surface area contributed by atoms with E-state index in [0.29, 0.717) is 6.04 Å². The van der Waals surface area contributed by atoms with Crippen molar-refractivity contribution < 1.29 is 0 Å². The molecule has 3 rings (SSSR count). The van der Waals surface area contributed by atoms with E-state index in [1.165, 1.54) is 62.4 Å². The zero-order valence-electron chi connectivity index (χ0n) is 14.2. The van der Waals surface area contributed by atoms with Crippen LogP contribution in [0, 0.1) is 0 Å². The third kappa shape index (κ3) is 4.83. The highest BCUT2D eigenvalue weighted by Crippen LogP contribution is 2.24. The molecular formula is C17H29N5S. The normalized spacial score (nSPS) is 19.5. The van der Waals surface area contributed by atoms with Crippen LogP contribution in [0.5, 0.6) is 0 Å². The molecule has 1 aliphatic carbocycles. The van der Waals surface area contributed by atoms with Crippen molar-refractivity contribution in [3.05, 3.63) is 11.1 Å². The number of hydrogen-bond acceptors (Lipinski definition) is 4. The van der Waals surface area contributed by atoms with Crippen LogP contribution in [-0.2, 0) is 6.42 Å². The fraction of sp³-hybridized carbons (Fsp3) is 0.765. The van der Waals surface area contributed by atoms with Gasteiger partial charge in [-0.3, -0.25) is 4.99 Å². The molecule has 2 fully saturated rings. The fourth-order valence-corrected chi connectivity index (χ4v) is 4.24. The van der Waals surface area contributed by atoms with Crippen LogP contribution in [-0.4, -0.2) is 43.2 Å². The van der Waals surface area contributed by atoms with Gasteiger partial charge in [0.1, 0.15) is 0 Å². The summed E-state index contributed by atoms with van der Waals surface area (Å²) < 4.78 is 0. The molecule has 1 aromatic heterocycles. The van der Waals surface area contributed by atoms with Crippen molar-refractivity contribution >= 4 is 22.4 Å². The van der Waals surface area contributed by atoms with Crippen molar-refractivity contribution in [1.29, 1.82) is 0 Å². The van der Waals surface area contributed by atoms with E-state index in [2.05, 4.69) is 27.8 Å². The van der Waals surface area contributed by atoms with Gasteiger partial charge in [0.05, 0.1) is 5.69 Å². The van der Waals surface area contributed by atoms with Gasteiger partial charge in [-0.05, 0) is 32.6 Å². The number of anilines is 1. The smallest absolute Gasteiger partial charge is 0.191 e. The molecule has 0 bridgehead atoms. The summed E-state index contributed by atoms with van der Waals surface area (Å²) in [7, 11) is 0. The molecule has 0 amide bonds. The SMILES string of the molecule is CCNC(=NCCc1csc(N2CCCC2)n1)NC1CCCC1. The Balaban J connectivity index is 1.49. The second-order valence-electron chi connectivity index (χ2n) is 6.45. The Labute approximate surface area is 143 Å². The van der Waals surface area contributed by atoms with E-state index in [4.69, 9.17) is 9.98 Å². The molecule has 1 saturated heterocycles. The van der Waals surface area contributed by atoms with E-state index >= 15 is 0 Å². The Kier molecular flexibility index (Phi) is 6.13. The summed E-state index contributed by atoms with van der Waals surface area (Å²) >= 11 is 1.78. The average Bonchev–Trinajstić information content (AvgIpc) is 3.30. The second-order valence-corrected chi connectivity index (χ2v) is 7.29. The fourth-order valence-electron chi connectivity index (χ4n) is 3.33. The van der Waals surface area contributed by atoms with Crippen LogP contribution in [0.15, 0.2) is 10.4 Å². The highest BCUT2D eigenvalue weighted by Gasteiger charge is 2.16. The maximum atomic E-state index is 4.77. The lowest BCUT2D eigenvalue weighted by Gasteiger charge is -2.16. The van der Waals surface area contributed by atoms with Crippen LogP contribution < -0.4 is 15.5 Å². The van der Waals surface area contributed by atoms with Crippen molar-refractivity contribution in [3.63, 3.8) is 0 Å². The highest BCUT2D eigenvalue weighted by atomic mass is 32.1. The first-order chi connectivity index (χ1) is 11.3. The molecule has 0 aromatic carbocycles. The number of aromatic nitrogens is 1. The minimum absolute atomic E-state index is 0.605. The molecule has 6 heteroatoms. The summed E-state index contributed by atoms with van der Waals surface area (Å²) in [6.45, 7) is 6.16. The van der Waals surface area contributed by atoms with Crippen molar-refractivity contribution in [2.75, 3.05) is 31.1 Å². The molecule has 0 atom stereocenters. The molecule has 0 spiro atoms. The second kappa shape index (κ2) is 8.52. The van der Waals surface area contributed by atoms with E-state index in [9.17, 15) is 0 Å². The summed E-state index contributed by atoms with van der Waals surface area (Å²) in [5, 5.41) is 10.3. The summed E-state index contributed by atoms with van der Waals surface area (Å²) in [4.78, 5) is 11.9. The number of guanidine groups is 1. The van der Waals surface area contributed by atoms with Gasteiger partial charge in [-0.1, -0.05) is 12.8 Å². The van der Waals surface area contributed by atoms with Crippen LogP contribution >= 0.6 is 11.3 Å². The van der Waals surface area contributed by atoms with Crippen molar-refractivity contribution in [2.45, 2.75) is 57.9 Å².